The van der Waals surface area contributed by atoms with Crippen molar-refractivity contribution in [3.63, 3.8) is 0 Å². The van der Waals surface area contributed by atoms with Gasteiger partial charge in [0.15, 0.2) is 11.4 Å². The highest BCUT2D eigenvalue weighted by molar-refractivity contribution is 5.78. The van der Waals surface area contributed by atoms with Crippen molar-refractivity contribution < 1.29 is 18.0 Å². The predicted molar refractivity (Wildman–Crippen MR) is 71.9 cm³/mol. The number of oxime groups is 1. The lowest BCUT2D eigenvalue weighted by molar-refractivity contribution is -0.141. The Labute approximate surface area is 119 Å². The molecule has 0 saturated heterocycles. The molecule has 1 aromatic heterocycles. The standard InChI is InChI=1S/C14H12F3N3O/c1-9(2)20-21-11-8-12(14(15,16)17)18-19-13(11)10-6-4-3-5-7-10/h3-8H,1-2H3. The maximum absolute atomic E-state index is 12.7. The zero-order valence-electron chi connectivity index (χ0n) is 11.3. The summed E-state index contributed by atoms with van der Waals surface area (Å²) in [5.41, 5.74) is 0.242. The van der Waals surface area contributed by atoms with E-state index < -0.39 is 11.9 Å². The van der Waals surface area contributed by atoms with Gasteiger partial charge in [-0.25, -0.2) is 0 Å². The van der Waals surface area contributed by atoms with E-state index in [-0.39, 0.29) is 11.4 Å². The van der Waals surface area contributed by atoms with Crippen LogP contribution in [0.5, 0.6) is 5.75 Å². The fourth-order valence-electron chi connectivity index (χ4n) is 1.52. The quantitative estimate of drug-likeness (QED) is 0.636. The summed E-state index contributed by atoms with van der Waals surface area (Å²) >= 11 is 0. The van der Waals surface area contributed by atoms with Crippen LogP contribution in [0.25, 0.3) is 11.3 Å². The van der Waals surface area contributed by atoms with Gasteiger partial charge in [0.05, 0.1) is 5.71 Å². The van der Waals surface area contributed by atoms with E-state index in [9.17, 15) is 13.2 Å². The SMILES string of the molecule is CC(C)=NOc1cc(C(F)(F)F)nnc1-c1ccccc1. The summed E-state index contributed by atoms with van der Waals surface area (Å²) in [6.45, 7) is 3.34. The van der Waals surface area contributed by atoms with E-state index in [0.29, 0.717) is 11.3 Å². The fourth-order valence-corrected chi connectivity index (χ4v) is 1.52. The van der Waals surface area contributed by atoms with Gasteiger partial charge in [-0.3, -0.25) is 0 Å². The Morgan fingerprint density at radius 1 is 1.10 bits per heavy atom. The number of alkyl halides is 3. The number of hydrogen-bond acceptors (Lipinski definition) is 4. The molecular weight excluding hydrogens is 283 g/mol. The fraction of sp³-hybridized carbons (Fsp3) is 0.214. The maximum Gasteiger partial charge on any atom is 0.435 e. The molecular formula is C14H12F3N3O. The highest BCUT2D eigenvalue weighted by Gasteiger charge is 2.34. The van der Waals surface area contributed by atoms with Crippen LogP contribution in [0.15, 0.2) is 41.6 Å². The molecule has 0 aliphatic rings. The van der Waals surface area contributed by atoms with Gasteiger partial charge in [-0.15, -0.1) is 10.2 Å². The third kappa shape index (κ3) is 3.77. The Morgan fingerprint density at radius 2 is 1.76 bits per heavy atom. The van der Waals surface area contributed by atoms with Gasteiger partial charge in [-0.05, 0) is 13.8 Å². The number of nitrogens with zero attached hydrogens (tertiary/aromatic N) is 3. The molecule has 1 heterocycles. The molecule has 0 saturated carbocycles. The Hall–Kier alpha value is -2.44. The molecule has 2 rings (SSSR count). The molecule has 0 aliphatic carbocycles. The predicted octanol–water partition coefficient (Wildman–Crippen LogP) is 3.94. The smallest absolute Gasteiger partial charge is 0.355 e. The van der Waals surface area contributed by atoms with E-state index >= 15 is 0 Å². The Kier molecular flexibility index (Phi) is 4.21. The van der Waals surface area contributed by atoms with Crippen LogP contribution in [0, 0.1) is 0 Å². The van der Waals surface area contributed by atoms with Crippen molar-refractivity contribution >= 4 is 5.71 Å². The summed E-state index contributed by atoms with van der Waals surface area (Å²) < 4.78 is 38.1. The third-order valence-electron chi connectivity index (χ3n) is 2.42. The molecule has 0 amide bonds. The van der Waals surface area contributed by atoms with Crippen LogP contribution in [-0.2, 0) is 6.18 Å². The highest BCUT2D eigenvalue weighted by atomic mass is 19.4. The summed E-state index contributed by atoms with van der Waals surface area (Å²) in [5, 5.41) is 10.5. The molecule has 110 valence electrons. The molecule has 4 nitrogen and oxygen atoms in total. The van der Waals surface area contributed by atoms with Gasteiger partial charge in [-0.2, -0.15) is 13.2 Å². The first-order chi connectivity index (χ1) is 9.88. The summed E-state index contributed by atoms with van der Waals surface area (Å²) in [6.07, 6.45) is -4.59. The van der Waals surface area contributed by atoms with E-state index in [1.54, 1.807) is 44.2 Å². The second kappa shape index (κ2) is 5.90. The first-order valence-electron chi connectivity index (χ1n) is 6.06. The topological polar surface area (TPSA) is 47.4 Å². The van der Waals surface area contributed by atoms with Gasteiger partial charge >= 0.3 is 6.18 Å². The normalized spacial score (nSPS) is 11.1. The molecule has 1 aromatic carbocycles. The maximum atomic E-state index is 12.7. The first kappa shape index (κ1) is 15.0. The largest absolute Gasteiger partial charge is 0.435 e. The third-order valence-corrected chi connectivity index (χ3v) is 2.42. The zero-order valence-corrected chi connectivity index (χ0v) is 11.3. The van der Waals surface area contributed by atoms with Crippen molar-refractivity contribution in [1.29, 1.82) is 0 Å². The molecule has 0 spiro atoms. The molecule has 0 atom stereocenters. The van der Waals surface area contributed by atoms with Crippen LogP contribution in [-0.4, -0.2) is 15.9 Å². The summed E-state index contributed by atoms with van der Waals surface area (Å²) in [6, 6.07) is 9.47. The lowest BCUT2D eigenvalue weighted by Gasteiger charge is -2.10. The van der Waals surface area contributed by atoms with Gasteiger partial charge < -0.3 is 4.84 Å². The molecule has 7 heteroatoms. The molecule has 0 fully saturated rings. The van der Waals surface area contributed by atoms with Crippen LogP contribution >= 0.6 is 0 Å². The van der Waals surface area contributed by atoms with Gasteiger partial charge in [0.25, 0.3) is 0 Å². The molecule has 0 N–H and O–H groups in total. The first-order valence-corrected chi connectivity index (χ1v) is 6.06. The summed E-state index contributed by atoms with van der Waals surface area (Å²) in [5.74, 6) is -0.0928. The van der Waals surface area contributed by atoms with Crippen molar-refractivity contribution in [2.45, 2.75) is 20.0 Å². The van der Waals surface area contributed by atoms with E-state index in [1.807, 2.05) is 0 Å². The minimum absolute atomic E-state index is 0.0928. The molecule has 0 bridgehead atoms. The second-order valence-electron chi connectivity index (χ2n) is 4.44. The lowest BCUT2D eigenvalue weighted by atomic mass is 10.1. The zero-order chi connectivity index (χ0) is 15.5. The Morgan fingerprint density at radius 3 is 2.33 bits per heavy atom. The summed E-state index contributed by atoms with van der Waals surface area (Å²) in [7, 11) is 0. The van der Waals surface area contributed by atoms with E-state index in [0.717, 1.165) is 6.07 Å². The number of halogens is 3. The van der Waals surface area contributed by atoms with Crippen LogP contribution in [0.2, 0.25) is 0 Å². The van der Waals surface area contributed by atoms with Gasteiger partial charge in [-0.1, -0.05) is 35.5 Å². The molecule has 21 heavy (non-hydrogen) atoms. The number of aromatic nitrogens is 2. The van der Waals surface area contributed by atoms with Crippen molar-refractivity contribution in [3.05, 3.63) is 42.1 Å². The Balaban J connectivity index is 2.51. The lowest BCUT2D eigenvalue weighted by Crippen LogP contribution is -2.10. The van der Waals surface area contributed by atoms with Crippen LogP contribution in [0.4, 0.5) is 13.2 Å². The van der Waals surface area contributed by atoms with Gasteiger partial charge in [0.2, 0.25) is 0 Å². The van der Waals surface area contributed by atoms with Crippen molar-refractivity contribution in [1.82, 2.24) is 10.2 Å². The van der Waals surface area contributed by atoms with Crippen molar-refractivity contribution in [2.75, 3.05) is 0 Å². The van der Waals surface area contributed by atoms with Crippen molar-refractivity contribution in [3.8, 4) is 17.0 Å². The Bertz CT molecular complexity index is 650. The minimum Gasteiger partial charge on any atom is -0.355 e. The minimum atomic E-state index is -4.59. The van der Waals surface area contributed by atoms with Gasteiger partial charge in [0, 0.05) is 11.6 Å². The molecule has 0 aliphatic heterocycles. The van der Waals surface area contributed by atoms with Crippen LogP contribution in [0.1, 0.15) is 19.5 Å². The highest BCUT2D eigenvalue weighted by Crippen LogP contribution is 2.34. The number of hydrogen-bond donors (Lipinski definition) is 0. The average molecular weight is 295 g/mol. The average Bonchev–Trinajstić information content (AvgIpc) is 2.44. The van der Waals surface area contributed by atoms with Crippen LogP contribution in [0.3, 0.4) is 0 Å². The monoisotopic (exact) mass is 295 g/mol. The molecule has 0 unspecified atom stereocenters. The van der Waals surface area contributed by atoms with E-state index in [4.69, 9.17) is 4.84 Å². The number of rotatable bonds is 3. The van der Waals surface area contributed by atoms with E-state index in [2.05, 4.69) is 15.4 Å². The summed E-state index contributed by atoms with van der Waals surface area (Å²) in [4.78, 5) is 5.07. The van der Waals surface area contributed by atoms with Gasteiger partial charge in [0.1, 0.15) is 5.69 Å². The van der Waals surface area contributed by atoms with E-state index in [1.165, 1.54) is 0 Å². The number of benzene rings is 1. The molecule has 0 radical (unpaired) electrons. The van der Waals surface area contributed by atoms with Crippen LogP contribution < -0.4 is 4.84 Å². The molecule has 2 aromatic rings. The van der Waals surface area contributed by atoms with Crippen molar-refractivity contribution in [2.24, 2.45) is 5.16 Å². The second-order valence-corrected chi connectivity index (χ2v) is 4.44.